The molecule has 2 aromatic carbocycles. The first kappa shape index (κ1) is 20.9. The van der Waals surface area contributed by atoms with E-state index < -0.39 is 33.6 Å². The molecule has 2 N–H and O–H groups in total. The Labute approximate surface area is 173 Å². The van der Waals surface area contributed by atoms with Crippen LogP contribution in [0.5, 0.6) is 0 Å². The van der Waals surface area contributed by atoms with Gasteiger partial charge in [-0.05, 0) is 36.8 Å². The second-order valence-corrected chi connectivity index (χ2v) is 8.70. The number of carbonyl (C=O) groups excluding carboxylic acids is 2. The van der Waals surface area contributed by atoms with E-state index in [4.69, 9.17) is 16.3 Å². The van der Waals surface area contributed by atoms with Crippen LogP contribution in [0.3, 0.4) is 0 Å². The van der Waals surface area contributed by atoms with Gasteiger partial charge in [0.25, 0.3) is 0 Å². The third-order valence-electron chi connectivity index (χ3n) is 4.27. The van der Waals surface area contributed by atoms with E-state index in [0.717, 1.165) is 0 Å². The number of amides is 2. The Hall–Kier alpha value is -2.84. The van der Waals surface area contributed by atoms with Gasteiger partial charge in [-0.3, -0.25) is 0 Å². The molecule has 9 heteroatoms. The lowest BCUT2D eigenvalue weighted by atomic mass is 9.95. The minimum atomic E-state index is -3.81. The van der Waals surface area contributed by atoms with Crippen molar-refractivity contribution in [2.45, 2.75) is 17.9 Å². The summed E-state index contributed by atoms with van der Waals surface area (Å²) < 4.78 is 30.8. The molecule has 2 amide bonds. The highest BCUT2D eigenvalue weighted by molar-refractivity contribution is 7.91. The number of benzene rings is 2. The predicted molar refractivity (Wildman–Crippen MR) is 108 cm³/mol. The molecule has 7 nitrogen and oxygen atoms in total. The second-order valence-electron chi connectivity index (χ2n) is 6.27. The Morgan fingerprint density at radius 2 is 1.86 bits per heavy atom. The van der Waals surface area contributed by atoms with E-state index in [-0.39, 0.29) is 22.8 Å². The molecule has 2 aromatic rings. The van der Waals surface area contributed by atoms with E-state index in [0.29, 0.717) is 10.6 Å². The third kappa shape index (κ3) is 4.78. The Balaban J connectivity index is 2.11. The quantitative estimate of drug-likeness (QED) is 0.680. The van der Waals surface area contributed by atoms with Crippen molar-refractivity contribution in [3.63, 3.8) is 0 Å². The van der Waals surface area contributed by atoms with Crippen molar-refractivity contribution in [2.24, 2.45) is 0 Å². The highest BCUT2D eigenvalue weighted by Gasteiger charge is 2.35. The molecular weight excluding hydrogens is 416 g/mol. The van der Waals surface area contributed by atoms with Gasteiger partial charge in [0.1, 0.15) is 0 Å². The van der Waals surface area contributed by atoms with Gasteiger partial charge in [0.15, 0.2) is 9.84 Å². The zero-order valence-electron chi connectivity index (χ0n) is 15.5. The van der Waals surface area contributed by atoms with Crippen LogP contribution in [0, 0.1) is 0 Å². The molecule has 0 aromatic heterocycles. The van der Waals surface area contributed by atoms with Crippen molar-refractivity contribution in [1.82, 2.24) is 10.6 Å². The molecule has 0 radical (unpaired) electrons. The van der Waals surface area contributed by atoms with Gasteiger partial charge in [0.2, 0.25) is 0 Å². The number of rotatable bonds is 6. The number of hydrogen-bond acceptors (Lipinski definition) is 5. The van der Waals surface area contributed by atoms with Crippen LogP contribution in [-0.4, -0.2) is 32.8 Å². The van der Waals surface area contributed by atoms with Crippen molar-refractivity contribution >= 4 is 33.4 Å². The molecule has 0 aliphatic carbocycles. The summed E-state index contributed by atoms with van der Waals surface area (Å²) in [5, 5.41) is 5.52. The number of halogens is 1. The lowest BCUT2D eigenvalue weighted by Crippen LogP contribution is -2.47. The van der Waals surface area contributed by atoms with Crippen LogP contribution in [0.25, 0.3) is 0 Å². The molecule has 29 heavy (non-hydrogen) atoms. The van der Waals surface area contributed by atoms with E-state index in [2.05, 4.69) is 10.6 Å². The molecule has 3 rings (SSSR count). The van der Waals surface area contributed by atoms with Gasteiger partial charge in [-0.15, -0.1) is 0 Å². The minimum Gasteiger partial charge on any atom is -0.463 e. The van der Waals surface area contributed by atoms with Crippen LogP contribution in [0.15, 0.2) is 70.8 Å². The molecule has 152 valence electrons. The maximum Gasteiger partial charge on any atom is 0.338 e. The van der Waals surface area contributed by atoms with E-state index in [1.807, 2.05) is 0 Å². The van der Waals surface area contributed by atoms with Gasteiger partial charge in [0, 0.05) is 10.7 Å². The number of sulfone groups is 1. The van der Waals surface area contributed by atoms with Crippen LogP contribution in [0.1, 0.15) is 18.5 Å². The van der Waals surface area contributed by atoms with Gasteiger partial charge < -0.3 is 15.4 Å². The summed E-state index contributed by atoms with van der Waals surface area (Å²) in [5.74, 6) is -1.28. The fraction of sp³-hybridized carbons (Fsp3) is 0.200. The van der Waals surface area contributed by atoms with Crippen molar-refractivity contribution < 1.29 is 22.7 Å². The highest BCUT2D eigenvalue weighted by atomic mass is 35.5. The van der Waals surface area contributed by atoms with Crippen LogP contribution < -0.4 is 10.6 Å². The number of nitrogens with one attached hydrogen (secondary N) is 2. The smallest absolute Gasteiger partial charge is 0.338 e. The monoisotopic (exact) mass is 434 g/mol. The fourth-order valence-corrected chi connectivity index (χ4v) is 4.56. The molecule has 0 fully saturated rings. The van der Waals surface area contributed by atoms with Crippen LogP contribution in [0.4, 0.5) is 4.79 Å². The topological polar surface area (TPSA) is 102 Å². The summed E-state index contributed by atoms with van der Waals surface area (Å²) in [7, 11) is -3.81. The van der Waals surface area contributed by atoms with Gasteiger partial charge in [-0.2, -0.15) is 0 Å². The largest absolute Gasteiger partial charge is 0.463 e. The first-order valence-corrected chi connectivity index (χ1v) is 10.9. The van der Waals surface area contributed by atoms with E-state index in [1.54, 1.807) is 49.4 Å². The van der Waals surface area contributed by atoms with Crippen LogP contribution in [-0.2, 0) is 19.4 Å². The van der Waals surface area contributed by atoms with E-state index >= 15 is 0 Å². The maximum absolute atomic E-state index is 12.9. The van der Waals surface area contributed by atoms with Gasteiger partial charge in [-0.25, -0.2) is 18.0 Å². The molecule has 0 saturated heterocycles. The molecule has 0 bridgehead atoms. The van der Waals surface area contributed by atoms with E-state index in [9.17, 15) is 18.0 Å². The van der Waals surface area contributed by atoms with Crippen molar-refractivity contribution in [2.75, 3.05) is 12.4 Å². The number of carbonyl (C=O) groups is 2. The standard InChI is InChI=1S/C20H19ClN2O5S/c1-2-28-19(24)17-16(12-29(26,27)15-9-4-3-5-10-15)22-20(25)23-18(17)13-7-6-8-14(21)11-13/h3-11,18H,2,12H2,1H3,(H2,22,23,25)/t18-/m0/s1. The lowest BCUT2D eigenvalue weighted by Gasteiger charge is -2.29. The third-order valence-corrected chi connectivity index (χ3v) is 6.16. The zero-order chi connectivity index (χ0) is 21.0. The summed E-state index contributed by atoms with van der Waals surface area (Å²) in [4.78, 5) is 25.0. The second kappa shape index (κ2) is 8.67. The summed E-state index contributed by atoms with van der Waals surface area (Å²) in [6.07, 6.45) is 0. The molecular formula is C20H19ClN2O5S. The Kier molecular flexibility index (Phi) is 6.24. The average molecular weight is 435 g/mol. The maximum atomic E-state index is 12.9. The average Bonchev–Trinajstić information content (AvgIpc) is 2.68. The van der Waals surface area contributed by atoms with Crippen molar-refractivity contribution in [1.29, 1.82) is 0 Å². The first-order chi connectivity index (χ1) is 13.8. The molecule has 0 saturated carbocycles. The number of urea groups is 1. The molecule has 1 atom stereocenters. The molecule has 1 aliphatic rings. The summed E-state index contributed by atoms with van der Waals surface area (Å²) in [6, 6.07) is 12.9. The molecule has 0 unspecified atom stereocenters. The van der Waals surface area contributed by atoms with Gasteiger partial charge in [-0.1, -0.05) is 41.9 Å². The summed E-state index contributed by atoms with van der Waals surface area (Å²) in [5.41, 5.74) is 0.527. The van der Waals surface area contributed by atoms with Crippen LogP contribution >= 0.6 is 11.6 Å². The highest BCUT2D eigenvalue weighted by Crippen LogP contribution is 2.30. The van der Waals surface area contributed by atoms with Crippen molar-refractivity contribution in [3.8, 4) is 0 Å². The van der Waals surface area contributed by atoms with Crippen molar-refractivity contribution in [3.05, 3.63) is 76.5 Å². The van der Waals surface area contributed by atoms with Gasteiger partial charge in [0.05, 0.1) is 28.9 Å². The predicted octanol–water partition coefficient (Wildman–Crippen LogP) is 2.99. The molecule has 1 aliphatic heterocycles. The first-order valence-electron chi connectivity index (χ1n) is 8.82. The molecule has 1 heterocycles. The number of ether oxygens (including phenoxy) is 1. The minimum absolute atomic E-state index is 0.0215. The molecule has 0 spiro atoms. The number of esters is 1. The normalized spacial score (nSPS) is 16.8. The SMILES string of the molecule is CCOC(=O)C1=C(CS(=O)(=O)c2ccccc2)NC(=O)N[C@H]1c1cccc(Cl)c1. The van der Waals surface area contributed by atoms with Crippen LogP contribution in [0.2, 0.25) is 5.02 Å². The Bertz CT molecular complexity index is 1070. The zero-order valence-corrected chi connectivity index (χ0v) is 17.1. The Morgan fingerprint density at radius 1 is 1.14 bits per heavy atom. The fourth-order valence-electron chi connectivity index (χ4n) is 3.02. The summed E-state index contributed by atoms with van der Waals surface area (Å²) >= 11 is 6.06. The lowest BCUT2D eigenvalue weighted by molar-refractivity contribution is -0.139. The summed E-state index contributed by atoms with van der Waals surface area (Å²) in [6.45, 7) is 1.74. The van der Waals surface area contributed by atoms with Gasteiger partial charge >= 0.3 is 12.0 Å². The Morgan fingerprint density at radius 3 is 2.52 bits per heavy atom. The van der Waals surface area contributed by atoms with E-state index in [1.165, 1.54) is 12.1 Å². The number of hydrogen-bond donors (Lipinski definition) is 2.